The van der Waals surface area contributed by atoms with Crippen molar-refractivity contribution in [3.05, 3.63) is 52.6 Å². The Bertz CT molecular complexity index is 1100. The summed E-state index contributed by atoms with van der Waals surface area (Å²) in [5.74, 6) is -4.17. The van der Waals surface area contributed by atoms with Crippen LogP contribution in [0.5, 0.6) is 5.75 Å². The van der Waals surface area contributed by atoms with Gasteiger partial charge in [-0.3, -0.25) is 14.4 Å². The van der Waals surface area contributed by atoms with E-state index in [-0.39, 0.29) is 40.5 Å². The third-order valence-electron chi connectivity index (χ3n) is 6.39. The van der Waals surface area contributed by atoms with E-state index < -0.39 is 47.1 Å². The van der Waals surface area contributed by atoms with Crippen LogP contribution in [0, 0.1) is 5.92 Å². The van der Waals surface area contributed by atoms with E-state index in [1.54, 1.807) is 13.8 Å². The largest absolute Gasteiger partial charge is 0.506 e. The summed E-state index contributed by atoms with van der Waals surface area (Å²) in [4.78, 5) is 54.7. The molecule has 210 valence electrons. The molecule has 0 aromatic heterocycles. The first-order valence-electron chi connectivity index (χ1n) is 12.4. The topological polar surface area (TPSA) is 164 Å². The van der Waals surface area contributed by atoms with Gasteiger partial charge in [0.1, 0.15) is 5.75 Å². The number of aldehydes is 1. The first kappa shape index (κ1) is 33.2. The molecule has 38 heavy (non-hydrogen) atoms. The molecule has 10 heteroatoms. The predicted octanol–water partition coefficient (Wildman–Crippen LogP) is 2.66. The molecule has 0 saturated heterocycles. The van der Waals surface area contributed by atoms with Gasteiger partial charge in [-0.15, -0.1) is 0 Å². The van der Waals surface area contributed by atoms with Crippen LogP contribution in [0.3, 0.4) is 0 Å². The lowest BCUT2D eigenvalue weighted by atomic mass is 9.70. The highest BCUT2D eigenvalue weighted by molar-refractivity contribution is 6.32. The first-order chi connectivity index (χ1) is 17.5. The number of likely N-dealkylation sites (N-methyl/N-ethyl adjacent to an activating group) is 1. The average Bonchev–Trinajstić information content (AvgIpc) is 2.81. The highest BCUT2D eigenvalue weighted by Crippen LogP contribution is 2.39. The Labute approximate surface area is 229 Å². The molecule has 0 aliphatic rings. The van der Waals surface area contributed by atoms with Gasteiger partial charge in [0, 0.05) is 7.05 Å². The van der Waals surface area contributed by atoms with E-state index in [1.165, 1.54) is 39.1 Å². The molecule has 9 nitrogen and oxygen atoms in total. The number of aliphatic hydroxyl groups excluding tert-OH is 1. The zero-order chi connectivity index (χ0) is 29.5. The SMILES string of the molecule is C=C(C/C(C)=C/[C@H](C)C[C@H](C)O)C(=O)[C@@](C=O)([C@H](C(=O)[C@H](C)N)c1ccc(O)c(Cl)c1)N(C)C(=O)[C@H](C)N. The smallest absolute Gasteiger partial charge is 0.240 e. The van der Waals surface area contributed by atoms with Crippen LogP contribution in [0.1, 0.15) is 58.9 Å². The van der Waals surface area contributed by atoms with Crippen LogP contribution in [0.2, 0.25) is 5.02 Å². The third kappa shape index (κ3) is 7.60. The Morgan fingerprint density at radius 2 is 1.74 bits per heavy atom. The minimum Gasteiger partial charge on any atom is -0.506 e. The van der Waals surface area contributed by atoms with Crippen molar-refractivity contribution in [2.75, 3.05) is 7.05 Å². The van der Waals surface area contributed by atoms with Crippen molar-refractivity contribution in [2.45, 2.75) is 77.1 Å². The van der Waals surface area contributed by atoms with Gasteiger partial charge in [-0.25, -0.2) is 0 Å². The van der Waals surface area contributed by atoms with Crippen LogP contribution in [0.4, 0.5) is 0 Å². The lowest BCUT2D eigenvalue weighted by molar-refractivity contribution is -0.151. The number of aliphatic hydroxyl groups is 1. The normalized spacial score (nSPS) is 17.4. The number of nitrogens with two attached hydrogens (primary N) is 2. The lowest BCUT2D eigenvalue weighted by Gasteiger charge is -2.43. The van der Waals surface area contributed by atoms with Gasteiger partial charge in [0.2, 0.25) is 5.91 Å². The fraction of sp³-hybridized carbons (Fsp3) is 0.500. The predicted molar refractivity (Wildman–Crippen MR) is 148 cm³/mol. The fourth-order valence-corrected chi connectivity index (χ4v) is 4.81. The van der Waals surface area contributed by atoms with Crippen molar-refractivity contribution >= 4 is 35.4 Å². The molecular weight excluding hydrogens is 510 g/mol. The summed E-state index contributed by atoms with van der Waals surface area (Å²) >= 11 is 6.11. The van der Waals surface area contributed by atoms with E-state index in [9.17, 15) is 29.4 Å². The van der Waals surface area contributed by atoms with Crippen LogP contribution in [-0.2, 0) is 19.2 Å². The van der Waals surface area contributed by atoms with Gasteiger partial charge in [0.25, 0.3) is 0 Å². The molecule has 0 heterocycles. The number of ketones is 2. The molecule has 1 amide bonds. The van der Waals surface area contributed by atoms with E-state index in [1.807, 2.05) is 13.0 Å². The van der Waals surface area contributed by atoms with Crippen LogP contribution >= 0.6 is 11.6 Å². The summed E-state index contributed by atoms with van der Waals surface area (Å²) in [6, 6.07) is 1.58. The number of hydrogen-bond donors (Lipinski definition) is 4. The van der Waals surface area contributed by atoms with Gasteiger partial charge in [-0.1, -0.05) is 42.8 Å². The zero-order valence-corrected chi connectivity index (χ0v) is 23.7. The van der Waals surface area contributed by atoms with Crippen molar-refractivity contribution in [1.82, 2.24) is 4.90 Å². The van der Waals surface area contributed by atoms with Crippen molar-refractivity contribution in [1.29, 1.82) is 0 Å². The maximum absolute atomic E-state index is 14.1. The summed E-state index contributed by atoms with van der Waals surface area (Å²) in [5, 5.41) is 19.5. The molecule has 6 atom stereocenters. The monoisotopic (exact) mass is 549 g/mol. The quantitative estimate of drug-likeness (QED) is 0.119. The molecule has 0 aliphatic heterocycles. The van der Waals surface area contributed by atoms with E-state index in [2.05, 4.69) is 6.58 Å². The zero-order valence-electron chi connectivity index (χ0n) is 22.9. The maximum atomic E-state index is 14.1. The summed E-state index contributed by atoms with van der Waals surface area (Å²) < 4.78 is 0. The molecule has 0 bridgehead atoms. The number of allylic oxidation sites excluding steroid dienone is 2. The molecule has 1 aromatic carbocycles. The molecule has 1 aromatic rings. The Balaban J connectivity index is 3.83. The van der Waals surface area contributed by atoms with Crippen molar-refractivity contribution in [2.24, 2.45) is 17.4 Å². The van der Waals surface area contributed by atoms with Gasteiger partial charge in [-0.2, -0.15) is 0 Å². The van der Waals surface area contributed by atoms with Crippen molar-refractivity contribution < 1.29 is 29.4 Å². The molecule has 0 radical (unpaired) electrons. The van der Waals surface area contributed by atoms with Crippen LogP contribution in [0.15, 0.2) is 42.0 Å². The van der Waals surface area contributed by atoms with Crippen LogP contribution in [-0.4, -0.2) is 69.6 Å². The van der Waals surface area contributed by atoms with Gasteiger partial charge in [-0.05, 0) is 69.7 Å². The summed E-state index contributed by atoms with van der Waals surface area (Å²) in [7, 11) is 1.22. The number of carbonyl (C=O) groups excluding carboxylic acids is 4. The summed E-state index contributed by atoms with van der Waals surface area (Å²) in [5.41, 5.74) is 10.2. The standard InChI is InChI=1S/C28H40ClN3O6/c1-15(10-16(2)12-18(4)34)11-17(3)26(37)28(14-33,32(7)27(38)20(6)31)24(25(36)19(5)30)21-8-9-23(35)22(29)13-21/h8-10,13-14,16,18-20,24,34-35H,3,11-12,30-31H2,1-2,4-7H3/b15-10+/t16-,18-,19-,20-,24-,28+/m0/s1. The number of nitrogens with zero attached hydrogens (tertiary/aromatic N) is 1. The minimum atomic E-state index is -2.39. The molecular formula is C28H40ClN3O6. The Kier molecular flexibility index (Phi) is 12.0. The molecule has 0 fully saturated rings. The molecule has 0 spiro atoms. The Morgan fingerprint density at radius 3 is 2.18 bits per heavy atom. The second kappa shape index (κ2) is 13.8. The molecule has 0 saturated carbocycles. The molecule has 6 N–H and O–H groups in total. The Hall–Kier alpha value is -2.85. The second-order valence-electron chi connectivity index (χ2n) is 10.1. The number of phenolic OH excluding ortho intramolecular Hbond substituents is 1. The number of phenols is 1. The summed E-state index contributed by atoms with van der Waals surface area (Å²) in [6.45, 7) is 12.1. The van der Waals surface area contributed by atoms with Crippen molar-refractivity contribution in [3.63, 3.8) is 0 Å². The lowest BCUT2D eigenvalue weighted by Crippen LogP contribution is -2.65. The van der Waals surface area contributed by atoms with Gasteiger partial charge in [0.15, 0.2) is 23.4 Å². The van der Waals surface area contributed by atoms with E-state index in [4.69, 9.17) is 23.1 Å². The van der Waals surface area contributed by atoms with Gasteiger partial charge >= 0.3 is 0 Å². The number of benzene rings is 1. The molecule has 0 aliphatic carbocycles. The van der Waals surface area contributed by atoms with Crippen LogP contribution < -0.4 is 11.5 Å². The third-order valence-corrected chi connectivity index (χ3v) is 6.69. The van der Waals surface area contributed by atoms with E-state index in [0.717, 1.165) is 10.5 Å². The highest BCUT2D eigenvalue weighted by Gasteiger charge is 2.55. The minimum absolute atomic E-state index is 0.00243. The first-order valence-corrected chi connectivity index (χ1v) is 12.7. The van der Waals surface area contributed by atoms with Gasteiger partial charge < -0.3 is 31.4 Å². The van der Waals surface area contributed by atoms with E-state index in [0.29, 0.717) is 6.42 Å². The highest BCUT2D eigenvalue weighted by atomic mass is 35.5. The number of halogens is 1. The van der Waals surface area contributed by atoms with E-state index >= 15 is 0 Å². The number of amides is 1. The second-order valence-corrected chi connectivity index (χ2v) is 10.6. The Morgan fingerprint density at radius 1 is 1.16 bits per heavy atom. The fourth-order valence-electron chi connectivity index (χ4n) is 4.62. The number of Topliss-reactive ketones (excluding diaryl/α,β-unsaturated/α-hetero) is 2. The number of rotatable bonds is 14. The number of hydrogen-bond acceptors (Lipinski definition) is 8. The molecule has 0 unspecified atom stereocenters. The summed E-state index contributed by atoms with van der Waals surface area (Å²) in [6.07, 6.45) is 2.18. The van der Waals surface area contributed by atoms with Crippen molar-refractivity contribution in [3.8, 4) is 5.75 Å². The number of aromatic hydroxyl groups is 1. The van der Waals surface area contributed by atoms with Crippen LogP contribution in [0.25, 0.3) is 0 Å². The molecule has 1 rings (SSSR count). The van der Waals surface area contributed by atoms with Gasteiger partial charge in [0.05, 0.1) is 29.1 Å². The average molecular weight is 550 g/mol. The number of carbonyl (C=O) groups is 4. The maximum Gasteiger partial charge on any atom is 0.240 e.